The zero-order chi connectivity index (χ0) is 23.4. The molecule has 7 nitrogen and oxygen atoms in total. The van der Waals surface area contributed by atoms with Gasteiger partial charge in [0.15, 0.2) is 11.5 Å². The molecule has 0 bridgehead atoms. The second kappa shape index (κ2) is 10.2. The Balaban J connectivity index is 1.32. The number of nitrogens with zero attached hydrogens (tertiary/aromatic N) is 3. The van der Waals surface area contributed by atoms with Gasteiger partial charge in [-0.15, -0.1) is 0 Å². The van der Waals surface area contributed by atoms with E-state index in [0.29, 0.717) is 36.2 Å². The van der Waals surface area contributed by atoms with Gasteiger partial charge in [-0.1, -0.05) is 17.7 Å². The molecule has 0 atom stereocenters. The number of carbonyl (C=O) groups is 2. The molecular formula is C25H28ClN3O4. The van der Waals surface area contributed by atoms with Crippen molar-refractivity contribution in [2.45, 2.75) is 12.8 Å². The third-order valence-electron chi connectivity index (χ3n) is 6.11. The summed E-state index contributed by atoms with van der Waals surface area (Å²) in [6, 6.07) is 11.5. The van der Waals surface area contributed by atoms with Crippen molar-refractivity contribution in [3.63, 3.8) is 0 Å². The molecule has 4 rings (SSSR count). The summed E-state index contributed by atoms with van der Waals surface area (Å²) in [5.41, 5.74) is 2.86. The average molecular weight is 470 g/mol. The van der Waals surface area contributed by atoms with Gasteiger partial charge >= 0.3 is 0 Å². The molecule has 2 amide bonds. The van der Waals surface area contributed by atoms with Crippen molar-refractivity contribution in [3.8, 4) is 11.5 Å². The number of piperazine rings is 1. The van der Waals surface area contributed by atoms with E-state index in [-0.39, 0.29) is 24.7 Å². The van der Waals surface area contributed by atoms with Gasteiger partial charge in [0.05, 0.1) is 20.6 Å². The number of halogens is 1. The third kappa shape index (κ3) is 5.25. The molecular weight excluding hydrogens is 442 g/mol. The maximum atomic E-state index is 12.8. The number of ether oxygens (including phenoxy) is 2. The number of benzene rings is 2. The molecule has 0 spiro atoms. The Hall–Kier alpha value is -3.19. The lowest BCUT2D eigenvalue weighted by Crippen LogP contribution is -2.49. The highest BCUT2D eigenvalue weighted by atomic mass is 35.5. The lowest BCUT2D eigenvalue weighted by molar-refractivity contribution is -0.133. The van der Waals surface area contributed by atoms with E-state index in [0.717, 1.165) is 29.9 Å². The first-order chi connectivity index (χ1) is 16.0. The minimum atomic E-state index is -0.0456. The first-order valence-corrected chi connectivity index (χ1v) is 11.4. The number of amides is 2. The van der Waals surface area contributed by atoms with Crippen molar-refractivity contribution in [1.29, 1.82) is 0 Å². The number of hydrogen-bond donors (Lipinski definition) is 0. The molecule has 2 heterocycles. The number of methoxy groups -OCH3 is 2. The highest BCUT2D eigenvalue weighted by molar-refractivity contribution is 6.30. The molecule has 2 aliphatic heterocycles. The Morgan fingerprint density at radius 2 is 1.76 bits per heavy atom. The summed E-state index contributed by atoms with van der Waals surface area (Å²) in [6.45, 7) is 3.17. The lowest BCUT2D eigenvalue weighted by atomic mass is 10.0. The van der Waals surface area contributed by atoms with E-state index in [1.165, 1.54) is 0 Å². The van der Waals surface area contributed by atoms with Gasteiger partial charge in [0, 0.05) is 56.1 Å². The molecule has 8 heteroatoms. The van der Waals surface area contributed by atoms with Crippen molar-refractivity contribution in [1.82, 2.24) is 9.80 Å². The molecule has 1 fully saturated rings. The number of hydrogen-bond acceptors (Lipinski definition) is 5. The number of fused-ring (bicyclic) bond motifs is 1. The fourth-order valence-corrected chi connectivity index (χ4v) is 4.41. The fraction of sp³-hybridized carbons (Fsp3) is 0.360. The molecule has 0 aliphatic carbocycles. The predicted molar refractivity (Wildman–Crippen MR) is 129 cm³/mol. The smallest absolute Gasteiger partial charge is 0.230 e. The van der Waals surface area contributed by atoms with Crippen LogP contribution in [0.25, 0.3) is 6.08 Å². The first kappa shape index (κ1) is 23.0. The zero-order valence-electron chi connectivity index (χ0n) is 18.9. The van der Waals surface area contributed by atoms with E-state index in [1.54, 1.807) is 25.3 Å². The number of anilines is 1. The highest BCUT2D eigenvalue weighted by Crippen LogP contribution is 2.32. The van der Waals surface area contributed by atoms with E-state index in [4.69, 9.17) is 21.1 Å². The molecule has 2 aromatic carbocycles. The first-order valence-electron chi connectivity index (χ1n) is 11.0. The van der Waals surface area contributed by atoms with E-state index >= 15 is 0 Å². The van der Waals surface area contributed by atoms with Gasteiger partial charge in [0.25, 0.3) is 0 Å². The van der Waals surface area contributed by atoms with E-state index in [9.17, 15) is 9.59 Å². The maximum absolute atomic E-state index is 12.8. The Kier molecular flexibility index (Phi) is 7.08. The molecule has 0 radical (unpaired) electrons. The van der Waals surface area contributed by atoms with Crippen LogP contribution in [-0.2, 0) is 16.0 Å². The van der Waals surface area contributed by atoms with Crippen LogP contribution in [0.2, 0.25) is 5.02 Å². The summed E-state index contributed by atoms with van der Waals surface area (Å²) in [4.78, 5) is 31.3. The van der Waals surface area contributed by atoms with Crippen LogP contribution < -0.4 is 14.4 Å². The topological polar surface area (TPSA) is 62.3 Å². The summed E-state index contributed by atoms with van der Waals surface area (Å²) in [6.07, 6.45) is 4.17. The Morgan fingerprint density at radius 3 is 2.45 bits per heavy atom. The standard InChI is InChI=1S/C25H28ClN3O4/c1-32-22-14-18-6-8-28(25(31)16-19(18)15-23(22)33-2)9-7-24(30)29-12-10-27(11-13-29)21-5-3-4-20(26)17-21/h3-6,8,14-15,17H,7,9-13,16H2,1-2H3. The van der Waals surface area contributed by atoms with Crippen LogP contribution in [0.1, 0.15) is 17.5 Å². The fourth-order valence-electron chi connectivity index (χ4n) is 4.22. The minimum Gasteiger partial charge on any atom is -0.493 e. The van der Waals surface area contributed by atoms with Crippen molar-refractivity contribution < 1.29 is 19.1 Å². The number of carbonyl (C=O) groups excluding carboxylic acids is 2. The average Bonchev–Trinajstić information content (AvgIpc) is 2.99. The lowest BCUT2D eigenvalue weighted by Gasteiger charge is -2.36. The van der Waals surface area contributed by atoms with Gasteiger partial charge in [0.2, 0.25) is 11.8 Å². The Labute approximate surface area is 199 Å². The Bertz CT molecular complexity index is 1060. The summed E-state index contributed by atoms with van der Waals surface area (Å²) < 4.78 is 10.7. The third-order valence-corrected chi connectivity index (χ3v) is 6.35. The largest absolute Gasteiger partial charge is 0.493 e. The monoisotopic (exact) mass is 469 g/mol. The molecule has 2 aromatic rings. The SMILES string of the molecule is COc1cc2c(cc1OC)CC(=O)N(CCC(=O)N1CCN(c3cccc(Cl)c3)CC1)C=C2. The predicted octanol–water partition coefficient (Wildman–Crippen LogP) is 3.45. The molecule has 0 aromatic heterocycles. The van der Waals surface area contributed by atoms with Gasteiger partial charge in [0.1, 0.15) is 0 Å². The maximum Gasteiger partial charge on any atom is 0.230 e. The van der Waals surface area contributed by atoms with Crippen molar-refractivity contribution in [2.24, 2.45) is 0 Å². The Morgan fingerprint density at radius 1 is 1.03 bits per heavy atom. The van der Waals surface area contributed by atoms with Crippen molar-refractivity contribution in [2.75, 3.05) is 51.8 Å². The molecule has 2 aliphatic rings. The van der Waals surface area contributed by atoms with Crippen LogP contribution in [0.3, 0.4) is 0 Å². The summed E-state index contributed by atoms with van der Waals surface area (Å²) >= 11 is 6.10. The van der Waals surface area contributed by atoms with E-state index < -0.39 is 0 Å². The van der Waals surface area contributed by atoms with Gasteiger partial charge in [-0.05, 0) is 47.5 Å². The molecule has 0 saturated carbocycles. The van der Waals surface area contributed by atoms with Gasteiger partial charge < -0.3 is 24.2 Å². The minimum absolute atomic E-state index is 0.0456. The zero-order valence-corrected chi connectivity index (χ0v) is 19.7. The van der Waals surface area contributed by atoms with Crippen molar-refractivity contribution >= 4 is 35.2 Å². The quantitative estimate of drug-likeness (QED) is 0.648. The van der Waals surface area contributed by atoms with Crippen LogP contribution in [0, 0.1) is 0 Å². The summed E-state index contributed by atoms with van der Waals surface area (Å²) in [5.74, 6) is 1.23. The van der Waals surface area contributed by atoms with Crippen LogP contribution in [-0.4, -0.2) is 68.6 Å². The second-order valence-electron chi connectivity index (χ2n) is 8.08. The van der Waals surface area contributed by atoms with Gasteiger partial charge in [-0.25, -0.2) is 0 Å². The summed E-state index contributed by atoms with van der Waals surface area (Å²) in [7, 11) is 3.16. The number of rotatable bonds is 6. The molecule has 0 unspecified atom stereocenters. The molecule has 174 valence electrons. The van der Waals surface area contributed by atoms with Gasteiger partial charge in [-0.2, -0.15) is 0 Å². The second-order valence-corrected chi connectivity index (χ2v) is 8.52. The van der Waals surface area contributed by atoms with E-state index in [1.807, 2.05) is 47.4 Å². The van der Waals surface area contributed by atoms with Crippen molar-refractivity contribution in [3.05, 3.63) is 58.7 Å². The van der Waals surface area contributed by atoms with Gasteiger partial charge in [-0.3, -0.25) is 9.59 Å². The highest BCUT2D eigenvalue weighted by Gasteiger charge is 2.24. The normalized spacial score (nSPS) is 15.8. The van der Waals surface area contributed by atoms with Crippen LogP contribution >= 0.6 is 11.6 Å². The molecule has 33 heavy (non-hydrogen) atoms. The van der Waals surface area contributed by atoms with E-state index in [2.05, 4.69) is 4.90 Å². The molecule has 1 saturated heterocycles. The van der Waals surface area contributed by atoms with Crippen LogP contribution in [0.15, 0.2) is 42.6 Å². The van der Waals surface area contributed by atoms with Crippen LogP contribution in [0.5, 0.6) is 11.5 Å². The summed E-state index contributed by atoms with van der Waals surface area (Å²) in [5, 5.41) is 0.709. The van der Waals surface area contributed by atoms with Crippen LogP contribution in [0.4, 0.5) is 5.69 Å². The molecule has 0 N–H and O–H groups in total.